The highest BCUT2D eigenvalue weighted by Gasteiger charge is 2.46. The zero-order valence-electron chi connectivity index (χ0n) is 13.2. The molecule has 0 spiro atoms. The second-order valence-corrected chi connectivity index (χ2v) is 8.19. The Morgan fingerprint density at radius 2 is 2.04 bits per heavy atom. The molecule has 1 aliphatic heterocycles. The Bertz CT molecular complexity index is 917. The van der Waals surface area contributed by atoms with Crippen LogP contribution >= 0.6 is 11.3 Å². The molecule has 4 heterocycles. The van der Waals surface area contributed by atoms with Crippen LogP contribution in [0, 0.1) is 11.8 Å². The zero-order valence-corrected chi connectivity index (χ0v) is 14.0. The molecule has 2 N–H and O–H groups in total. The fourth-order valence-corrected chi connectivity index (χ4v) is 4.54. The summed E-state index contributed by atoms with van der Waals surface area (Å²) < 4.78 is 1.10. The molecule has 130 valence electrons. The van der Waals surface area contributed by atoms with Crippen molar-refractivity contribution in [3.63, 3.8) is 0 Å². The van der Waals surface area contributed by atoms with E-state index in [-0.39, 0.29) is 7.43 Å². The molecule has 3 aromatic heterocycles. The monoisotopic (exact) mass is 354 g/mol. The van der Waals surface area contributed by atoms with Gasteiger partial charge in [0.05, 0.1) is 10.2 Å². The highest BCUT2D eigenvalue weighted by molar-refractivity contribution is 7.17. The number of H-pyrrole nitrogens is 1. The summed E-state index contributed by atoms with van der Waals surface area (Å²) in [4.78, 5) is 11.9. The Labute approximate surface area is 150 Å². The Hall–Kier alpha value is -2.15. The van der Waals surface area contributed by atoms with Crippen molar-refractivity contribution in [1.29, 1.82) is 0 Å². The average Bonchev–Trinajstić information content (AvgIpc) is 3.40. The summed E-state index contributed by atoms with van der Waals surface area (Å²) in [5.74, 6) is 4.99. The molecular weight excluding hydrogens is 332 g/mol. The summed E-state index contributed by atoms with van der Waals surface area (Å²) in [7, 11) is 0. The van der Waals surface area contributed by atoms with Gasteiger partial charge in [0.25, 0.3) is 0 Å². The molecule has 3 fully saturated rings. The molecule has 7 heteroatoms. The van der Waals surface area contributed by atoms with Gasteiger partial charge in [-0.25, -0.2) is 4.98 Å². The third-order valence-electron chi connectivity index (χ3n) is 5.41. The maximum absolute atomic E-state index is 4.84. The molecule has 0 radical (unpaired) electrons. The minimum Gasteiger partial charge on any atom is -0.340 e. The van der Waals surface area contributed by atoms with Crippen molar-refractivity contribution in [2.45, 2.75) is 32.6 Å². The summed E-state index contributed by atoms with van der Waals surface area (Å²) in [6, 6.07) is 4.19. The van der Waals surface area contributed by atoms with Gasteiger partial charge in [0.1, 0.15) is 0 Å². The van der Waals surface area contributed by atoms with Crippen LogP contribution in [0.5, 0.6) is 0 Å². The topological polar surface area (TPSA) is 69.7 Å². The van der Waals surface area contributed by atoms with Crippen LogP contribution in [0.2, 0.25) is 0 Å². The van der Waals surface area contributed by atoms with Crippen LogP contribution in [0.15, 0.2) is 17.5 Å². The number of nitrogens with one attached hydrogen (secondary N) is 2. The highest BCUT2D eigenvalue weighted by Crippen LogP contribution is 2.46. The van der Waals surface area contributed by atoms with Crippen molar-refractivity contribution in [2.24, 2.45) is 11.8 Å². The van der Waals surface area contributed by atoms with Gasteiger partial charge in [0.15, 0.2) is 11.6 Å². The Kier molecular flexibility index (Phi) is 3.28. The molecule has 0 bridgehead atoms. The SMILES string of the molecule is C.c1cc2nc(N3CC4CC4C3)nc(Nc3cc(C4CC4)[nH]n3)c2s1. The predicted molar refractivity (Wildman–Crippen MR) is 102 cm³/mol. The number of hydrogen-bond acceptors (Lipinski definition) is 6. The van der Waals surface area contributed by atoms with Gasteiger partial charge in [0, 0.05) is 30.8 Å². The summed E-state index contributed by atoms with van der Waals surface area (Å²) >= 11 is 1.68. The second-order valence-electron chi connectivity index (χ2n) is 7.28. The number of fused-ring (bicyclic) bond motifs is 2. The minimum absolute atomic E-state index is 0. The van der Waals surface area contributed by atoms with E-state index in [1.807, 2.05) is 0 Å². The van der Waals surface area contributed by atoms with Crippen LogP contribution < -0.4 is 10.2 Å². The molecule has 3 aliphatic rings. The fraction of sp³-hybridized carbons (Fsp3) is 0.500. The van der Waals surface area contributed by atoms with Gasteiger partial charge >= 0.3 is 0 Å². The lowest BCUT2D eigenvalue weighted by Crippen LogP contribution is -2.24. The first-order valence-corrected chi connectivity index (χ1v) is 9.54. The summed E-state index contributed by atoms with van der Waals surface area (Å²) in [5, 5.41) is 13.0. The number of rotatable bonds is 4. The first kappa shape index (κ1) is 15.1. The molecule has 6 rings (SSSR count). The lowest BCUT2D eigenvalue weighted by molar-refractivity contribution is 0.791. The summed E-state index contributed by atoms with van der Waals surface area (Å²) in [6.07, 6.45) is 3.93. The molecular formula is C18H22N6S. The lowest BCUT2D eigenvalue weighted by atomic mass is 10.3. The molecule has 2 atom stereocenters. The average molecular weight is 354 g/mol. The molecule has 25 heavy (non-hydrogen) atoms. The number of hydrogen-bond donors (Lipinski definition) is 2. The second kappa shape index (κ2) is 5.42. The molecule has 2 unspecified atom stereocenters. The minimum atomic E-state index is 0. The number of thiophene rings is 1. The fourth-order valence-electron chi connectivity index (χ4n) is 3.76. The normalized spacial score (nSPS) is 24.2. The van der Waals surface area contributed by atoms with Gasteiger partial charge in [-0.15, -0.1) is 11.3 Å². The van der Waals surface area contributed by atoms with E-state index in [4.69, 9.17) is 9.97 Å². The predicted octanol–water partition coefficient (Wildman–Crippen LogP) is 4.13. The lowest BCUT2D eigenvalue weighted by Gasteiger charge is -2.18. The number of aromatic nitrogens is 4. The summed E-state index contributed by atoms with van der Waals surface area (Å²) in [6.45, 7) is 2.21. The third kappa shape index (κ3) is 2.57. The van der Waals surface area contributed by atoms with Crippen LogP contribution in [-0.2, 0) is 0 Å². The quantitative estimate of drug-likeness (QED) is 0.737. The van der Waals surface area contributed by atoms with E-state index in [0.29, 0.717) is 5.92 Å². The van der Waals surface area contributed by atoms with Crippen molar-refractivity contribution < 1.29 is 0 Å². The summed E-state index contributed by atoms with van der Waals surface area (Å²) in [5.41, 5.74) is 2.25. The Morgan fingerprint density at radius 1 is 1.20 bits per heavy atom. The first-order valence-electron chi connectivity index (χ1n) is 8.66. The highest BCUT2D eigenvalue weighted by atomic mass is 32.1. The number of aromatic amines is 1. The van der Waals surface area contributed by atoms with Gasteiger partial charge in [0.2, 0.25) is 5.95 Å². The van der Waals surface area contributed by atoms with Gasteiger partial charge < -0.3 is 10.2 Å². The number of nitrogens with zero attached hydrogens (tertiary/aromatic N) is 4. The van der Waals surface area contributed by atoms with Crippen LogP contribution in [0.3, 0.4) is 0 Å². The van der Waals surface area contributed by atoms with Crippen LogP contribution in [0.25, 0.3) is 10.2 Å². The molecule has 2 aliphatic carbocycles. The van der Waals surface area contributed by atoms with Crippen LogP contribution in [0.4, 0.5) is 17.6 Å². The van der Waals surface area contributed by atoms with Crippen LogP contribution in [0.1, 0.15) is 38.3 Å². The van der Waals surface area contributed by atoms with Gasteiger partial charge in [-0.2, -0.15) is 10.1 Å². The third-order valence-corrected chi connectivity index (χ3v) is 6.33. The molecule has 2 saturated carbocycles. The first-order chi connectivity index (χ1) is 11.8. The molecule has 1 saturated heterocycles. The van der Waals surface area contributed by atoms with Gasteiger partial charge in [-0.1, -0.05) is 7.43 Å². The van der Waals surface area contributed by atoms with E-state index in [2.05, 4.69) is 37.9 Å². The maximum atomic E-state index is 4.84. The van der Waals surface area contributed by atoms with E-state index in [0.717, 1.165) is 52.7 Å². The van der Waals surface area contributed by atoms with Crippen LogP contribution in [-0.4, -0.2) is 33.3 Å². The van der Waals surface area contributed by atoms with Crippen molar-refractivity contribution >= 4 is 39.1 Å². The Balaban J connectivity index is 0.00000140. The maximum Gasteiger partial charge on any atom is 0.227 e. The van der Waals surface area contributed by atoms with Crippen molar-refractivity contribution in [3.05, 3.63) is 23.2 Å². The molecule has 3 aromatic rings. The standard InChI is InChI=1S/C17H18N6S.CH4/c1-2-9(1)13-6-14(22-21-13)19-16-15-12(3-4-24-15)18-17(20-16)23-7-10-5-11(10)8-23;/h3-4,6,9-11H,1-2,5,7-8H2,(H2,18,19,20,21,22);1H4. The van der Waals surface area contributed by atoms with E-state index in [9.17, 15) is 0 Å². The van der Waals surface area contributed by atoms with Crippen molar-refractivity contribution in [2.75, 3.05) is 23.3 Å². The largest absolute Gasteiger partial charge is 0.340 e. The molecule has 0 amide bonds. The zero-order chi connectivity index (χ0) is 15.7. The van der Waals surface area contributed by atoms with Crippen molar-refractivity contribution in [3.8, 4) is 0 Å². The van der Waals surface area contributed by atoms with Gasteiger partial charge in [-0.3, -0.25) is 5.10 Å². The van der Waals surface area contributed by atoms with Crippen molar-refractivity contribution in [1.82, 2.24) is 20.2 Å². The van der Waals surface area contributed by atoms with Gasteiger partial charge in [-0.05, 0) is 42.5 Å². The van der Waals surface area contributed by atoms with E-state index < -0.39 is 0 Å². The van der Waals surface area contributed by atoms with E-state index >= 15 is 0 Å². The van der Waals surface area contributed by atoms with E-state index in [1.165, 1.54) is 25.0 Å². The number of piperidine rings is 1. The van der Waals surface area contributed by atoms with E-state index in [1.54, 1.807) is 11.3 Å². The smallest absolute Gasteiger partial charge is 0.227 e. The molecule has 6 nitrogen and oxygen atoms in total. The molecule has 0 aromatic carbocycles. The Morgan fingerprint density at radius 3 is 2.84 bits per heavy atom. The number of anilines is 3.